The monoisotopic (exact) mass is 437 g/mol. The predicted molar refractivity (Wildman–Crippen MR) is 117 cm³/mol. The van der Waals surface area contributed by atoms with Gasteiger partial charge >= 0.3 is 5.97 Å². The zero-order valence-electron chi connectivity index (χ0n) is 16.5. The van der Waals surface area contributed by atoms with Gasteiger partial charge in [0.25, 0.3) is 5.91 Å². The Morgan fingerprint density at radius 3 is 2.65 bits per heavy atom. The number of carbonyl (C=O) groups is 3. The van der Waals surface area contributed by atoms with Crippen molar-refractivity contribution >= 4 is 45.9 Å². The number of nitrogens with one attached hydrogen (secondary N) is 3. The summed E-state index contributed by atoms with van der Waals surface area (Å²) in [6, 6.07) is 14.7. The number of cyclic esters (lactones) is 1. The molecule has 2 amide bonds. The molecule has 0 fully saturated rings. The van der Waals surface area contributed by atoms with Gasteiger partial charge in [-0.25, -0.2) is 4.79 Å². The maximum Gasteiger partial charge on any atom is 0.332 e. The van der Waals surface area contributed by atoms with Crippen LogP contribution in [-0.4, -0.2) is 42.0 Å². The van der Waals surface area contributed by atoms with Gasteiger partial charge in [0.2, 0.25) is 12.0 Å². The van der Waals surface area contributed by atoms with Crippen molar-refractivity contribution < 1.29 is 19.1 Å². The smallest absolute Gasteiger partial charge is 0.332 e. The third-order valence-corrected chi connectivity index (χ3v) is 5.27. The molecule has 2 aromatic carbocycles. The van der Waals surface area contributed by atoms with Gasteiger partial charge in [0.1, 0.15) is 0 Å². The van der Waals surface area contributed by atoms with Crippen molar-refractivity contribution in [2.75, 3.05) is 13.1 Å². The lowest BCUT2D eigenvalue weighted by molar-refractivity contribution is -0.145. The number of ether oxygens (including phenoxy) is 1. The second-order valence-electron chi connectivity index (χ2n) is 7.10. The average molecular weight is 438 g/mol. The van der Waals surface area contributed by atoms with E-state index in [1.54, 1.807) is 24.3 Å². The number of rotatable bonds is 7. The van der Waals surface area contributed by atoms with E-state index in [1.807, 2.05) is 30.5 Å². The summed E-state index contributed by atoms with van der Waals surface area (Å²) < 4.78 is 5.11. The van der Waals surface area contributed by atoms with Crippen molar-refractivity contribution in [2.45, 2.75) is 12.5 Å². The molecule has 8 heteroatoms. The zero-order valence-corrected chi connectivity index (χ0v) is 17.2. The maximum atomic E-state index is 12.5. The molecular formula is C23H20ClN3O4. The van der Waals surface area contributed by atoms with Crippen LogP contribution in [0.5, 0.6) is 0 Å². The Labute approximate surface area is 183 Å². The highest BCUT2D eigenvalue weighted by molar-refractivity contribution is 6.30. The highest BCUT2D eigenvalue weighted by Crippen LogP contribution is 2.27. The van der Waals surface area contributed by atoms with Crippen LogP contribution in [0.3, 0.4) is 0 Å². The van der Waals surface area contributed by atoms with E-state index >= 15 is 0 Å². The van der Waals surface area contributed by atoms with Gasteiger partial charge in [-0.15, -0.1) is 0 Å². The number of hydrogen-bond acceptors (Lipinski definition) is 4. The number of aromatic nitrogens is 1. The van der Waals surface area contributed by atoms with Crippen LogP contribution in [0.15, 0.2) is 60.8 Å². The normalized spacial score (nSPS) is 15.5. The number of benzene rings is 2. The first kappa shape index (κ1) is 20.7. The summed E-state index contributed by atoms with van der Waals surface area (Å²) in [7, 11) is 0. The Hall–Kier alpha value is -3.58. The van der Waals surface area contributed by atoms with Gasteiger partial charge in [0.15, 0.2) is 0 Å². The third-order valence-electron chi connectivity index (χ3n) is 5.02. The second kappa shape index (κ2) is 9.06. The molecule has 2 heterocycles. The molecule has 0 saturated carbocycles. The molecule has 0 aliphatic carbocycles. The molecule has 1 aromatic heterocycles. The van der Waals surface area contributed by atoms with Crippen LogP contribution in [0, 0.1) is 0 Å². The first-order valence-corrected chi connectivity index (χ1v) is 10.2. The van der Waals surface area contributed by atoms with E-state index in [9.17, 15) is 14.4 Å². The molecule has 0 spiro atoms. The summed E-state index contributed by atoms with van der Waals surface area (Å²) in [6.45, 7) is 0.222. The minimum atomic E-state index is -1.10. The highest BCUT2D eigenvalue weighted by atomic mass is 35.5. The van der Waals surface area contributed by atoms with Gasteiger partial charge in [0.05, 0.1) is 6.54 Å². The van der Waals surface area contributed by atoms with Gasteiger partial charge in [0, 0.05) is 40.3 Å². The lowest BCUT2D eigenvalue weighted by Gasteiger charge is -2.14. The summed E-state index contributed by atoms with van der Waals surface area (Å²) in [6.07, 6.45) is 2.76. The van der Waals surface area contributed by atoms with Crippen molar-refractivity contribution in [2.24, 2.45) is 0 Å². The summed E-state index contributed by atoms with van der Waals surface area (Å²) in [5.41, 5.74) is 3.24. The van der Waals surface area contributed by atoms with Crippen LogP contribution < -0.4 is 10.6 Å². The number of aromatic amines is 1. The van der Waals surface area contributed by atoms with E-state index < -0.39 is 18.0 Å². The zero-order chi connectivity index (χ0) is 21.8. The number of fused-ring (bicyclic) bond motifs is 1. The molecule has 1 aliphatic rings. The average Bonchev–Trinajstić information content (AvgIpc) is 3.36. The largest absolute Gasteiger partial charge is 0.444 e. The van der Waals surface area contributed by atoms with E-state index in [-0.39, 0.29) is 12.5 Å². The molecule has 1 atom stereocenters. The molecule has 1 unspecified atom stereocenters. The van der Waals surface area contributed by atoms with Crippen LogP contribution in [0.25, 0.3) is 16.5 Å². The van der Waals surface area contributed by atoms with Crippen LogP contribution >= 0.6 is 11.6 Å². The van der Waals surface area contributed by atoms with Gasteiger partial charge in [-0.3, -0.25) is 9.59 Å². The van der Waals surface area contributed by atoms with Gasteiger partial charge in [-0.05, 0) is 35.7 Å². The standard InChI is InChI=1S/C23H20ClN3O4/c24-16-7-5-14(6-8-16)18-11-21(29)31-22(18)23(30)27-13-20(28)25-10-9-15-12-26-19-4-2-1-3-17(15)19/h1-8,11-12,22,26H,9-10,13H2,(H,25,28)(H,27,30). The molecule has 0 radical (unpaired) electrons. The molecule has 158 valence electrons. The first-order chi connectivity index (χ1) is 15.0. The quantitative estimate of drug-likeness (QED) is 0.494. The molecule has 3 aromatic rings. The molecule has 3 N–H and O–H groups in total. The van der Waals surface area contributed by atoms with Crippen LogP contribution in [0.2, 0.25) is 5.02 Å². The van der Waals surface area contributed by atoms with E-state index in [2.05, 4.69) is 15.6 Å². The number of halogens is 1. The lowest BCUT2D eigenvalue weighted by atomic mass is 10.0. The van der Waals surface area contributed by atoms with E-state index in [0.717, 1.165) is 16.5 Å². The fourth-order valence-corrected chi connectivity index (χ4v) is 3.61. The van der Waals surface area contributed by atoms with Crippen LogP contribution in [-0.2, 0) is 25.5 Å². The minimum Gasteiger partial charge on any atom is -0.444 e. The Morgan fingerprint density at radius 1 is 1.06 bits per heavy atom. The number of hydrogen-bond donors (Lipinski definition) is 3. The molecule has 31 heavy (non-hydrogen) atoms. The Morgan fingerprint density at radius 2 is 1.84 bits per heavy atom. The maximum absolute atomic E-state index is 12.5. The van der Waals surface area contributed by atoms with Crippen LogP contribution in [0.1, 0.15) is 11.1 Å². The van der Waals surface area contributed by atoms with Gasteiger partial charge < -0.3 is 20.4 Å². The Balaban J connectivity index is 1.28. The fraction of sp³-hybridized carbons (Fsp3) is 0.174. The van der Waals surface area contributed by atoms with Gasteiger partial charge in [-0.2, -0.15) is 0 Å². The Kier molecular flexibility index (Phi) is 6.04. The number of amides is 2. The number of esters is 1. The molecule has 0 saturated heterocycles. The van der Waals surface area contributed by atoms with E-state index in [0.29, 0.717) is 29.1 Å². The second-order valence-corrected chi connectivity index (χ2v) is 7.54. The SMILES string of the molecule is O=C(CNC(=O)C1OC(=O)C=C1c1ccc(Cl)cc1)NCCc1c[nH]c2ccccc12. The van der Waals surface area contributed by atoms with E-state index in [4.69, 9.17) is 16.3 Å². The molecular weight excluding hydrogens is 418 g/mol. The molecule has 7 nitrogen and oxygen atoms in total. The molecule has 4 rings (SSSR count). The van der Waals surface area contributed by atoms with Crippen LogP contribution in [0.4, 0.5) is 0 Å². The third kappa shape index (κ3) is 4.78. The van der Waals surface area contributed by atoms with Crippen molar-refractivity contribution in [1.82, 2.24) is 15.6 Å². The van der Waals surface area contributed by atoms with Crippen molar-refractivity contribution in [1.29, 1.82) is 0 Å². The lowest BCUT2D eigenvalue weighted by Crippen LogP contribution is -2.42. The van der Waals surface area contributed by atoms with Crippen molar-refractivity contribution in [3.05, 3.63) is 77.0 Å². The minimum absolute atomic E-state index is 0.214. The van der Waals surface area contributed by atoms with Crippen molar-refractivity contribution in [3.63, 3.8) is 0 Å². The predicted octanol–water partition coefficient (Wildman–Crippen LogP) is 2.61. The topological polar surface area (TPSA) is 100 Å². The summed E-state index contributed by atoms with van der Waals surface area (Å²) >= 11 is 5.89. The molecule has 0 bridgehead atoms. The van der Waals surface area contributed by atoms with E-state index in [1.165, 1.54) is 6.08 Å². The van der Waals surface area contributed by atoms with Crippen molar-refractivity contribution in [3.8, 4) is 0 Å². The highest BCUT2D eigenvalue weighted by Gasteiger charge is 2.33. The summed E-state index contributed by atoms with van der Waals surface area (Å²) in [5, 5.41) is 6.97. The first-order valence-electron chi connectivity index (χ1n) is 9.79. The molecule has 1 aliphatic heterocycles. The fourth-order valence-electron chi connectivity index (χ4n) is 3.49. The summed E-state index contributed by atoms with van der Waals surface area (Å²) in [4.78, 5) is 39.6. The summed E-state index contributed by atoms with van der Waals surface area (Å²) in [5.74, 6) is -1.48. The number of para-hydroxylation sites is 1. The Bertz CT molecular complexity index is 1170. The van der Waals surface area contributed by atoms with Gasteiger partial charge in [-0.1, -0.05) is 41.9 Å². The number of H-pyrrole nitrogens is 1. The number of carbonyl (C=O) groups excluding carboxylic acids is 3.